The summed E-state index contributed by atoms with van der Waals surface area (Å²) in [6, 6.07) is 0. The molecule has 0 bridgehead atoms. The van der Waals surface area contributed by atoms with Gasteiger partial charge >= 0.3 is 0 Å². The van der Waals surface area contributed by atoms with Gasteiger partial charge in [-0.3, -0.25) is 0 Å². The van der Waals surface area contributed by atoms with Crippen LogP contribution in [0, 0.1) is 60.6 Å². The molecule has 0 radical (unpaired) electrons. The van der Waals surface area contributed by atoms with Gasteiger partial charge in [0.05, 0.1) is 22.4 Å². The Morgan fingerprint density at radius 2 is 0.709 bits per heavy atom. The molecule has 4 N–H and O–H groups in total. The Bertz CT molecular complexity index is 2700. The minimum absolute atomic E-state index is 0.00694. The summed E-state index contributed by atoms with van der Waals surface area (Å²) in [7, 11) is 0. The van der Waals surface area contributed by atoms with E-state index < -0.39 is 255 Å². The summed E-state index contributed by atoms with van der Waals surface area (Å²) in [5.74, 6) is 1.10. The Balaban J connectivity index is -0.000000103. The van der Waals surface area contributed by atoms with Gasteiger partial charge in [-0.25, -0.2) is 0 Å². The Morgan fingerprint density at radius 1 is 0.372 bits per heavy atom. The van der Waals surface area contributed by atoms with E-state index in [0.29, 0.717) is 50.4 Å². The van der Waals surface area contributed by atoms with E-state index in [1.807, 2.05) is 96.9 Å². The van der Waals surface area contributed by atoms with Crippen molar-refractivity contribution in [3.8, 4) is 0 Å². The molecule has 0 aromatic carbocycles. The number of aliphatic hydroxyl groups is 4. The van der Waals surface area contributed by atoms with Crippen molar-refractivity contribution in [1.29, 1.82) is 0 Å². The average Bonchev–Trinajstić information content (AvgIpc) is 0.752. The van der Waals surface area contributed by atoms with Crippen LogP contribution in [0.4, 0.5) is 0 Å². The first kappa shape index (κ1) is 38.4. The van der Waals surface area contributed by atoms with Crippen molar-refractivity contribution in [2.75, 3.05) is 0 Å². The third-order valence-electron chi connectivity index (χ3n) is 12.2. The lowest BCUT2D eigenvalue weighted by Gasteiger charge is -2.49. The fourth-order valence-electron chi connectivity index (χ4n) is 3.87. The zero-order valence-electron chi connectivity index (χ0n) is 117. The van der Waals surface area contributed by atoms with E-state index >= 15 is 0 Å². The fraction of sp³-hybridized carbons (Fsp3) is 1.00. The largest absolute Gasteiger partial charge is 0.390 e. The predicted octanol–water partition coefficient (Wildman–Crippen LogP) is 29.7. The number of hydrogen-bond donors (Lipinski definition) is 4. The minimum Gasteiger partial charge on any atom is -0.390 e. The van der Waals surface area contributed by atoms with Gasteiger partial charge in [0, 0.05) is 75.4 Å². The summed E-state index contributed by atoms with van der Waals surface area (Å²) in [4.78, 5) is 0. The molecular weight excluding hydrogens is 1050 g/mol. The van der Waals surface area contributed by atoms with Crippen LogP contribution in [0.1, 0.15) is 530 Å². The van der Waals surface area contributed by atoms with E-state index in [2.05, 4.69) is 41.5 Å². The molecule has 0 rings (SSSR count). The SMILES string of the molecule is CC(C)(O)C(C)(C)O.CC(C)C(C)(C)C(C)(C)O.CC(C)CC(C)(C)O.[2H]C([2H])C(C)(C)C(C)(C)C(C)(C)C([2H])[2H].[2H]C([2H])C(C)(C)C(C)(C)C([2H])[2H].[2H]C([2H])C(C)(C)C([2H])[2H].[2H]C([2H])C(C)(C)CC(C)(C)C([2H])[2H].[2H]C([2H])C([2H])([2H])C([2H])([2H])C([2H])([2H])C([2H])[2H].[2H]C([2H])C([2H])([2H])C([2H])([2H])C([2H])[2H].[2H]C([2H])C([2H])([2H])C([2H])C.[2H]C([2H])C([2H])[2H].[2H]C([2H])CC([2H])[2H].[2H]C([2H])CCC([2H])[2H].[2H]C([2H])CCCC([2H])[2H]. The molecule has 0 aromatic rings. The number of rotatable bonds is 12. The molecule has 0 amide bonds. The first-order valence-corrected chi connectivity index (χ1v) is 28.9. The second-order valence-corrected chi connectivity index (χ2v) is 28.4. The molecule has 0 heterocycles. The van der Waals surface area contributed by atoms with Crippen LogP contribution in [0.25, 0.3) is 0 Å². The van der Waals surface area contributed by atoms with Gasteiger partial charge in [-0.15, -0.1) is 0 Å². The van der Waals surface area contributed by atoms with E-state index in [1.54, 1.807) is 69.2 Å². The van der Waals surface area contributed by atoms with Crippen LogP contribution in [-0.4, -0.2) is 42.8 Å². The molecule has 544 valence electrons. The van der Waals surface area contributed by atoms with Crippen molar-refractivity contribution in [3.63, 3.8) is 0 Å². The Morgan fingerprint density at radius 3 is 0.837 bits per heavy atom. The normalized spacial score (nSPS) is 23.3. The summed E-state index contributed by atoms with van der Waals surface area (Å²) in [5.41, 5.74) is -7.55. The van der Waals surface area contributed by atoms with Gasteiger partial charge in [0.15, 0.2) is 0 Å². The molecule has 0 saturated carbocycles. The molecule has 0 spiro atoms. The molecule has 0 aliphatic heterocycles. The summed E-state index contributed by atoms with van der Waals surface area (Å²) in [6.07, 6.45) is -14.2. The second-order valence-electron chi connectivity index (χ2n) is 28.4. The number of hydrogen-bond acceptors (Lipinski definition) is 4. The first-order valence-electron chi connectivity index (χ1n) is 59.7. The highest BCUT2D eigenvalue weighted by molar-refractivity contribution is 4.91. The molecule has 0 saturated heterocycles. The highest BCUT2D eigenvalue weighted by atomic mass is 16.3. The van der Waals surface area contributed by atoms with E-state index in [0.717, 1.165) is 6.42 Å². The maximum atomic E-state index is 9.72. The molecule has 1 atom stereocenters. The molecule has 0 aliphatic rings. The molecule has 0 fully saturated rings. The third-order valence-corrected chi connectivity index (χ3v) is 12.2. The van der Waals surface area contributed by atoms with Crippen molar-refractivity contribution in [2.45, 2.75) is 477 Å². The molecule has 1 unspecified atom stereocenters. The molecule has 4 nitrogen and oxygen atoms in total. The van der Waals surface area contributed by atoms with Crippen LogP contribution in [0.3, 0.4) is 0 Å². The Hall–Kier alpha value is -0.160. The van der Waals surface area contributed by atoms with Gasteiger partial charge < -0.3 is 20.4 Å². The average molecular weight is 1300 g/mol. The summed E-state index contributed by atoms with van der Waals surface area (Å²) in [6.45, 7) is 31.0. The first-order chi connectivity index (χ1) is 60.8. The van der Waals surface area contributed by atoms with E-state index in [4.69, 9.17) is 85.6 Å². The van der Waals surface area contributed by atoms with Gasteiger partial charge in [-0.1, -0.05) is 387 Å². The summed E-state index contributed by atoms with van der Waals surface area (Å²) >= 11 is 0. The van der Waals surface area contributed by atoms with Crippen molar-refractivity contribution in [3.05, 3.63) is 0 Å². The van der Waals surface area contributed by atoms with Crippen molar-refractivity contribution >= 4 is 0 Å². The zero-order chi connectivity index (χ0) is 119. The van der Waals surface area contributed by atoms with Crippen LogP contribution in [-0.2, 0) is 0 Å². The molecule has 0 aromatic heterocycles. The predicted molar refractivity (Wildman–Crippen MR) is 413 cm³/mol. The highest BCUT2D eigenvalue weighted by Crippen LogP contribution is 2.50. The lowest BCUT2D eigenvalue weighted by Crippen LogP contribution is -2.44. The van der Waals surface area contributed by atoms with Crippen LogP contribution in [0.2, 0.25) is 0 Å². The van der Waals surface area contributed by atoms with Crippen LogP contribution in [0.5, 0.6) is 0 Å². The van der Waals surface area contributed by atoms with Crippen molar-refractivity contribution in [1.82, 2.24) is 0 Å². The van der Waals surface area contributed by atoms with Crippen molar-refractivity contribution < 1.29 is 95.8 Å². The van der Waals surface area contributed by atoms with Gasteiger partial charge in [0.25, 0.3) is 0 Å². The maximum absolute atomic E-state index is 9.72. The second kappa shape index (κ2) is 61.0. The highest BCUT2D eigenvalue weighted by Gasteiger charge is 2.42. The zero-order valence-corrected chi connectivity index (χ0v) is 61.8. The van der Waals surface area contributed by atoms with Crippen molar-refractivity contribution in [2.24, 2.45) is 60.6 Å². The summed E-state index contributed by atoms with van der Waals surface area (Å²) < 4.78 is 381. The topological polar surface area (TPSA) is 80.9 Å². The Kier molecular flexibility index (Phi) is 27.3. The summed E-state index contributed by atoms with van der Waals surface area (Å²) in [5, 5.41) is 37.1. The van der Waals surface area contributed by atoms with Crippen LogP contribution in [0.15, 0.2) is 0 Å². The van der Waals surface area contributed by atoms with Crippen LogP contribution >= 0.6 is 0 Å². The van der Waals surface area contributed by atoms with Gasteiger partial charge in [-0.2, -0.15) is 0 Å². The van der Waals surface area contributed by atoms with Gasteiger partial charge in [-0.05, 0) is 129 Å². The van der Waals surface area contributed by atoms with Crippen LogP contribution < -0.4 is 0 Å². The van der Waals surface area contributed by atoms with E-state index in [-0.39, 0.29) is 11.8 Å². The quantitative estimate of drug-likeness (QED) is 0.157. The fourth-order valence-corrected chi connectivity index (χ4v) is 3.87. The standard InChI is InChI=1S/C11H24.C9H20O.C9H20.C8H18.C7H16O.C6H14O2.3C5H12.3C4H10.C3H8.C2H6/c1-9(2,3)11(7,8)10(4,5)6;1-7(2)8(3,4)9(5,6)10;1-8(2,3)7-9(4,5)6;1-7(2,3)8(4,5)6;1-6(2)5-7(3,4)8;1-5(2,7)6(3,4)8;1-5(2,3)4;2*1-3-5-4-2;3*1-3-4-2;1-3-2;1-2/h1-8H3;7,10H,1-6H3;7H2,1-6H3;1-6H3;6,8H,5H2,1-4H3;7-8H,1-4H3;1-4H3;2*3-5H2,1-2H3;3*3-4H2,1-2H3;3H2,1-2H3;1-2H3/i1D2,4D2;;2*1D2,4D2;;;1D2,2D2;1D2,2D2,3D2,4D2,5D2;1D2,2D2;1D2,2D2,3D2,4D2;1D2,3D2,4D;3*1D2,2D2. The minimum atomic E-state index is -3.25. The maximum Gasteiger partial charge on any atom is 0.0872 e. The third kappa shape index (κ3) is 121. The van der Waals surface area contributed by atoms with Gasteiger partial charge in [0.2, 0.25) is 0 Å². The lowest BCUT2D eigenvalue weighted by molar-refractivity contribution is -0.107. The molecular formula is C82H192O4. The van der Waals surface area contributed by atoms with E-state index in [1.165, 1.54) is 6.92 Å². The van der Waals surface area contributed by atoms with Gasteiger partial charge in [0.1, 0.15) is 0 Å². The monoisotopic (exact) mass is 1300 g/mol. The lowest BCUT2D eigenvalue weighted by atomic mass is 9.56. The Labute approximate surface area is 634 Å². The smallest absolute Gasteiger partial charge is 0.0872 e. The molecule has 86 heavy (non-hydrogen) atoms. The molecule has 0 aliphatic carbocycles. The van der Waals surface area contributed by atoms with E-state index in [9.17, 15) is 10.2 Å². The molecule has 4 heteroatoms.